The number of aliphatic imine (C=N–C) groups is 2. The number of amidine groups is 1. The van der Waals surface area contributed by atoms with Gasteiger partial charge in [-0.3, -0.25) is 0 Å². The summed E-state index contributed by atoms with van der Waals surface area (Å²) >= 11 is 1.85. The first kappa shape index (κ1) is 35.1. The van der Waals surface area contributed by atoms with E-state index >= 15 is 0 Å². The van der Waals surface area contributed by atoms with Crippen molar-refractivity contribution in [3.63, 3.8) is 0 Å². The van der Waals surface area contributed by atoms with Crippen molar-refractivity contribution in [2.75, 3.05) is 0 Å². The Kier molecular flexibility index (Phi) is 8.71. The molecule has 8 aromatic carbocycles. The number of furan rings is 1. The first-order chi connectivity index (χ1) is 29.2. The zero-order valence-electron chi connectivity index (χ0n) is 32.5. The third-order valence-electron chi connectivity index (χ3n) is 11.6. The SMILES string of the molecule is CCC1=C(c2cccc(-c3ccc(-c4cc(-c5ccccc5)c5c(c4)sc4ccccc45)c4oc5ccccc5c34)c2)N=C(c2ccccc2)N=C(c2ccccc2)C1. The largest absolute Gasteiger partial charge is 0.455 e. The minimum atomic E-state index is 0.723. The van der Waals surface area contributed by atoms with Gasteiger partial charge in [0.1, 0.15) is 11.2 Å². The minimum absolute atomic E-state index is 0.723. The van der Waals surface area contributed by atoms with E-state index in [1.165, 1.54) is 36.9 Å². The molecule has 0 spiro atoms. The van der Waals surface area contributed by atoms with Gasteiger partial charge in [0.05, 0.1) is 11.4 Å². The zero-order chi connectivity index (χ0) is 39.3. The van der Waals surface area contributed by atoms with Gasteiger partial charge in [-0.2, -0.15) is 0 Å². The molecule has 2 aromatic heterocycles. The second-order valence-electron chi connectivity index (χ2n) is 15.1. The fourth-order valence-electron chi connectivity index (χ4n) is 8.72. The van der Waals surface area contributed by atoms with Crippen molar-refractivity contribution < 1.29 is 4.42 Å². The summed E-state index contributed by atoms with van der Waals surface area (Å²) < 4.78 is 9.44. The van der Waals surface area contributed by atoms with E-state index in [-0.39, 0.29) is 0 Å². The molecule has 0 N–H and O–H groups in total. The van der Waals surface area contributed by atoms with Crippen LogP contribution >= 0.6 is 11.3 Å². The molecule has 4 heteroatoms. The predicted octanol–water partition coefficient (Wildman–Crippen LogP) is 15.4. The molecule has 0 unspecified atom stereocenters. The highest BCUT2D eigenvalue weighted by Crippen LogP contribution is 2.47. The van der Waals surface area contributed by atoms with Gasteiger partial charge in [0.25, 0.3) is 0 Å². The first-order valence-corrected chi connectivity index (χ1v) is 21.1. The number of allylic oxidation sites excluding steroid dienone is 1. The third-order valence-corrected chi connectivity index (χ3v) is 12.7. The number of thiophene rings is 1. The molecule has 59 heavy (non-hydrogen) atoms. The molecule has 0 radical (unpaired) electrons. The molecule has 0 saturated heterocycles. The Morgan fingerprint density at radius 3 is 1.90 bits per heavy atom. The van der Waals surface area contributed by atoms with Crippen LogP contribution in [0.25, 0.3) is 81.2 Å². The van der Waals surface area contributed by atoms with Crippen molar-refractivity contribution in [3.8, 4) is 33.4 Å². The van der Waals surface area contributed by atoms with Crippen molar-refractivity contribution in [2.24, 2.45) is 9.98 Å². The molecular weight excluding hydrogens is 737 g/mol. The summed E-state index contributed by atoms with van der Waals surface area (Å²) in [5.74, 6) is 0.728. The molecule has 0 bridgehead atoms. The number of nitrogens with zero attached hydrogens (tertiary/aromatic N) is 2. The molecule has 280 valence electrons. The first-order valence-electron chi connectivity index (χ1n) is 20.3. The molecular formula is C55H38N2OS. The monoisotopic (exact) mass is 774 g/mol. The Hall–Kier alpha value is -7.14. The van der Waals surface area contributed by atoms with Gasteiger partial charge in [-0.1, -0.05) is 159 Å². The second-order valence-corrected chi connectivity index (χ2v) is 16.2. The molecule has 0 atom stereocenters. The number of hydrogen-bond acceptors (Lipinski definition) is 4. The summed E-state index contributed by atoms with van der Waals surface area (Å²) in [6.07, 6.45) is 1.58. The maximum Gasteiger partial charge on any atom is 0.160 e. The number of fused-ring (bicyclic) bond motifs is 6. The average Bonchev–Trinajstić information content (AvgIpc) is 3.81. The van der Waals surface area contributed by atoms with E-state index in [1.54, 1.807) is 0 Å². The highest BCUT2D eigenvalue weighted by atomic mass is 32.1. The van der Waals surface area contributed by atoms with Gasteiger partial charge in [-0.25, -0.2) is 9.98 Å². The minimum Gasteiger partial charge on any atom is -0.455 e. The highest BCUT2D eigenvalue weighted by Gasteiger charge is 2.22. The maximum atomic E-state index is 6.89. The standard InChI is InChI=1S/C55H38N2OS/c1-2-35-33-47(37-19-8-4-9-20-37)56-55(38-21-10-5-11-22-38)57-53(35)40-24-16-23-39(31-40)42-29-30-43(54-52(42)44-25-12-14-27-48(44)58-54)41-32-46(36-17-6-3-7-18-36)51-45-26-13-15-28-49(45)59-50(51)34-41/h3-32,34H,2,33H2,1H3. The van der Waals surface area contributed by atoms with Gasteiger partial charge in [0.15, 0.2) is 5.84 Å². The lowest BCUT2D eigenvalue weighted by molar-refractivity contribution is 0.670. The lowest BCUT2D eigenvalue weighted by Gasteiger charge is -2.14. The Balaban J connectivity index is 1.10. The van der Waals surface area contributed by atoms with Crippen LogP contribution in [0.15, 0.2) is 208 Å². The lowest BCUT2D eigenvalue weighted by atomic mass is 9.90. The van der Waals surface area contributed by atoms with Crippen molar-refractivity contribution in [1.29, 1.82) is 0 Å². The molecule has 1 aliphatic heterocycles. The second kappa shape index (κ2) is 14.7. The van der Waals surface area contributed by atoms with Crippen LogP contribution < -0.4 is 0 Å². The smallest absolute Gasteiger partial charge is 0.160 e. The van der Waals surface area contributed by atoms with Gasteiger partial charge in [-0.05, 0) is 81.8 Å². The summed E-state index contributed by atoms with van der Waals surface area (Å²) in [6, 6.07) is 66.9. The van der Waals surface area contributed by atoms with E-state index in [0.717, 1.165) is 91.0 Å². The molecule has 10 aromatic rings. The molecule has 0 saturated carbocycles. The van der Waals surface area contributed by atoms with Gasteiger partial charge < -0.3 is 4.42 Å². The van der Waals surface area contributed by atoms with E-state index in [4.69, 9.17) is 14.4 Å². The van der Waals surface area contributed by atoms with E-state index < -0.39 is 0 Å². The Labute approximate surface area is 347 Å². The van der Waals surface area contributed by atoms with Crippen LogP contribution in [-0.2, 0) is 0 Å². The summed E-state index contributed by atoms with van der Waals surface area (Å²) in [7, 11) is 0. The van der Waals surface area contributed by atoms with Gasteiger partial charge in [0.2, 0.25) is 0 Å². The van der Waals surface area contributed by atoms with Crippen molar-refractivity contribution in [3.05, 3.63) is 210 Å². The predicted molar refractivity (Wildman–Crippen MR) is 251 cm³/mol. The van der Waals surface area contributed by atoms with E-state index in [0.29, 0.717) is 0 Å². The lowest BCUT2D eigenvalue weighted by Crippen LogP contribution is -2.06. The van der Waals surface area contributed by atoms with E-state index in [1.807, 2.05) is 17.4 Å². The van der Waals surface area contributed by atoms with Gasteiger partial charge >= 0.3 is 0 Å². The number of benzene rings is 8. The normalized spacial score (nSPS) is 13.3. The van der Waals surface area contributed by atoms with Crippen LogP contribution in [-0.4, -0.2) is 11.5 Å². The Morgan fingerprint density at radius 2 is 1.12 bits per heavy atom. The molecule has 0 fully saturated rings. The molecule has 0 amide bonds. The van der Waals surface area contributed by atoms with Crippen molar-refractivity contribution >= 4 is 70.7 Å². The van der Waals surface area contributed by atoms with Gasteiger partial charge in [0, 0.05) is 54.1 Å². The van der Waals surface area contributed by atoms with Crippen LogP contribution in [0.5, 0.6) is 0 Å². The van der Waals surface area contributed by atoms with Crippen molar-refractivity contribution in [2.45, 2.75) is 19.8 Å². The van der Waals surface area contributed by atoms with E-state index in [9.17, 15) is 0 Å². The molecule has 11 rings (SSSR count). The summed E-state index contributed by atoms with van der Waals surface area (Å²) in [4.78, 5) is 10.6. The number of rotatable bonds is 7. The van der Waals surface area contributed by atoms with Crippen molar-refractivity contribution in [1.82, 2.24) is 0 Å². The molecule has 3 nitrogen and oxygen atoms in total. The number of para-hydroxylation sites is 1. The maximum absolute atomic E-state index is 6.89. The van der Waals surface area contributed by atoms with Crippen LogP contribution in [0.3, 0.4) is 0 Å². The highest BCUT2D eigenvalue weighted by molar-refractivity contribution is 7.26. The summed E-state index contributed by atoms with van der Waals surface area (Å²) in [6.45, 7) is 2.23. The van der Waals surface area contributed by atoms with Crippen LogP contribution in [0.2, 0.25) is 0 Å². The quantitative estimate of drug-likeness (QED) is 0.159. The average molecular weight is 775 g/mol. The zero-order valence-corrected chi connectivity index (χ0v) is 33.3. The molecule has 0 aliphatic carbocycles. The van der Waals surface area contributed by atoms with Gasteiger partial charge in [-0.15, -0.1) is 11.3 Å². The summed E-state index contributed by atoms with van der Waals surface area (Å²) in [5.41, 5.74) is 15.1. The van der Waals surface area contributed by atoms with Crippen LogP contribution in [0.4, 0.5) is 0 Å². The summed E-state index contributed by atoms with van der Waals surface area (Å²) in [5, 5.41) is 4.81. The fraction of sp³-hybridized carbons (Fsp3) is 0.0545. The third kappa shape index (κ3) is 6.21. The van der Waals surface area contributed by atoms with E-state index in [2.05, 4.69) is 189 Å². The topological polar surface area (TPSA) is 37.9 Å². The fourth-order valence-corrected chi connectivity index (χ4v) is 9.89. The number of hydrogen-bond donors (Lipinski definition) is 0. The molecule has 3 heterocycles. The Bertz CT molecular complexity index is 3320. The van der Waals surface area contributed by atoms with Crippen LogP contribution in [0, 0.1) is 0 Å². The van der Waals surface area contributed by atoms with Crippen LogP contribution in [0.1, 0.15) is 36.5 Å². The Morgan fingerprint density at radius 1 is 0.475 bits per heavy atom. The molecule has 1 aliphatic rings.